The van der Waals surface area contributed by atoms with Gasteiger partial charge in [-0.1, -0.05) is 18.2 Å². The molecule has 25 heavy (non-hydrogen) atoms. The summed E-state index contributed by atoms with van der Waals surface area (Å²) in [7, 11) is -0.344. The molecule has 0 saturated heterocycles. The van der Waals surface area contributed by atoms with Crippen LogP contribution in [0.1, 0.15) is 11.4 Å². The fraction of sp³-hybridized carbons (Fsp3) is 0.294. The molecular weight excluding hydrogens is 338 g/mol. The Bertz CT molecular complexity index is 966. The Morgan fingerprint density at radius 2 is 1.96 bits per heavy atom. The lowest BCUT2D eigenvalue weighted by Crippen LogP contribution is -2.22. The molecule has 3 rings (SSSR count). The molecule has 7 nitrogen and oxygen atoms in total. The van der Waals surface area contributed by atoms with Crippen molar-refractivity contribution in [3.05, 3.63) is 60.0 Å². The molecule has 2 aromatic heterocycles. The molecule has 0 fully saturated rings. The first-order chi connectivity index (χ1) is 12.0. The molecule has 132 valence electrons. The number of benzene rings is 1. The van der Waals surface area contributed by atoms with Crippen molar-refractivity contribution in [3.8, 4) is 0 Å². The normalized spacial score (nSPS) is 12.1. The van der Waals surface area contributed by atoms with Crippen molar-refractivity contribution in [2.75, 3.05) is 20.6 Å². The van der Waals surface area contributed by atoms with E-state index in [1.165, 1.54) is 18.4 Å². The van der Waals surface area contributed by atoms with Gasteiger partial charge in [0.15, 0.2) is 5.65 Å². The van der Waals surface area contributed by atoms with Crippen molar-refractivity contribution < 1.29 is 8.42 Å². The Labute approximate surface area is 147 Å². The minimum atomic E-state index is -3.41. The van der Waals surface area contributed by atoms with Gasteiger partial charge in [0.2, 0.25) is 10.0 Å². The number of hydrogen-bond acceptors (Lipinski definition) is 5. The molecular formula is C17H21N5O2S. The van der Waals surface area contributed by atoms with E-state index >= 15 is 0 Å². The zero-order valence-electron chi connectivity index (χ0n) is 14.3. The summed E-state index contributed by atoms with van der Waals surface area (Å²) in [4.78, 5) is 0.306. The molecule has 0 aliphatic carbocycles. The van der Waals surface area contributed by atoms with Gasteiger partial charge in [-0.3, -0.25) is 4.40 Å². The van der Waals surface area contributed by atoms with Gasteiger partial charge in [0.1, 0.15) is 5.82 Å². The van der Waals surface area contributed by atoms with Crippen molar-refractivity contribution >= 4 is 15.7 Å². The van der Waals surface area contributed by atoms with E-state index in [9.17, 15) is 8.42 Å². The SMILES string of the molecule is CN(C)S(=O)(=O)c1cccc(CNCCc2nnc3ccccn23)c1. The topological polar surface area (TPSA) is 79.6 Å². The first-order valence-corrected chi connectivity index (χ1v) is 9.43. The number of pyridine rings is 1. The van der Waals surface area contributed by atoms with Crippen LogP contribution >= 0.6 is 0 Å². The van der Waals surface area contributed by atoms with E-state index in [1.54, 1.807) is 18.2 Å². The van der Waals surface area contributed by atoms with Gasteiger partial charge < -0.3 is 5.32 Å². The second-order valence-electron chi connectivity index (χ2n) is 5.91. The highest BCUT2D eigenvalue weighted by molar-refractivity contribution is 7.89. The quantitative estimate of drug-likeness (QED) is 0.644. The Morgan fingerprint density at radius 1 is 1.12 bits per heavy atom. The third-order valence-corrected chi connectivity index (χ3v) is 5.73. The minimum Gasteiger partial charge on any atom is -0.312 e. The molecule has 0 spiro atoms. The van der Waals surface area contributed by atoms with Crippen LogP contribution in [0.2, 0.25) is 0 Å². The Kier molecular flexibility index (Phi) is 5.12. The lowest BCUT2D eigenvalue weighted by atomic mass is 10.2. The molecule has 0 aliphatic rings. The standard InChI is InChI=1S/C17H21N5O2S/c1-21(2)25(23,24)15-7-5-6-14(12-15)13-18-10-9-17-20-19-16-8-3-4-11-22(16)17/h3-8,11-12,18H,9-10,13H2,1-2H3. The number of sulfonamides is 1. The van der Waals surface area contributed by atoms with Gasteiger partial charge in [0, 0.05) is 39.8 Å². The number of rotatable bonds is 7. The maximum absolute atomic E-state index is 12.2. The van der Waals surface area contributed by atoms with Gasteiger partial charge in [0.05, 0.1) is 4.90 Å². The van der Waals surface area contributed by atoms with Crippen molar-refractivity contribution in [1.82, 2.24) is 24.2 Å². The van der Waals surface area contributed by atoms with Crippen LogP contribution in [0, 0.1) is 0 Å². The molecule has 0 aliphatic heterocycles. The van der Waals surface area contributed by atoms with Gasteiger partial charge >= 0.3 is 0 Å². The third-order valence-electron chi connectivity index (χ3n) is 3.92. The molecule has 0 saturated carbocycles. The highest BCUT2D eigenvalue weighted by Gasteiger charge is 2.16. The maximum atomic E-state index is 12.2. The van der Waals surface area contributed by atoms with Crippen LogP contribution in [-0.2, 0) is 23.0 Å². The second kappa shape index (κ2) is 7.30. The lowest BCUT2D eigenvalue weighted by molar-refractivity contribution is 0.520. The zero-order valence-corrected chi connectivity index (χ0v) is 15.1. The summed E-state index contributed by atoms with van der Waals surface area (Å²) in [5.74, 6) is 0.895. The summed E-state index contributed by atoms with van der Waals surface area (Å²) in [6, 6.07) is 12.8. The Balaban J connectivity index is 1.59. The molecule has 8 heteroatoms. The van der Waals surface area contributed by atoms with Crippen molar-refractivity contribution in [1.29, 1.82) is 0 Å². The van der Waals surface area contributed by atoms with E-state index in [0.717, 1.165) is 30.0 Å². The first-order valence-electron chi connectivity index (χ1n) is 7.99. The zero-order chi connectivity index (χ0) is 17.9. The summed E-state index contributed by atoms with van der Waals surface area (Å²) in [5.41, 5.74) is 1.76. The monoisotopic (exact) mass is 359 g/mol. The number of hydrogen-bond donors (Lipinski definition) is 1. The van der Waals surface area contributed by atoms with E-state index in [1.807, 2.05) is 34.9 Å². The van der Waals surface area contributed by atoms with Gasteiger partial charge in [-0.25, -0.2) is 12.7 Å². The van der Waals surface area contributed by atoms with Crippen LogP contribution in [-0.4, -0.2) is 48.0 Å². The average Bonchev–Trinajstić information content (AvgIpc) is 3.02. The van der Waals surface area contributed by atoms with E-state index < -0.39 is 10.0 Å². The molecule has 3 aromatic rings. The largest absolute Gasteiger partial charge is 0.312 e. The number of fused-ring (bicyclic) bond motifs is 1. The van der Waals surface area contributed by atoms with Crippen LogP contribution < -0.4 is 5.32 Å². The average molecular weight is 359 g/mol. The van der Waals surface area contributed by atoms with E-state index in [2.05, 4.69) is 15.5 Å². The third kappa shape index (κ3) is 3.87. The van der Waals surface area contributed by atoms with E-state index in [-0.39, 0.29) is 0 Å². The summed E-state index contributed by atoms with van der Waals surface area (Å²) >= 11 is 0. The van der Waals surface area contributed by atoms with Crippen molar-refractivity contribution in [2.45, 2.75) is 17.9 Å². The summed E-state index contributed by atoms with van der Waals surface area (Å²) in [6.07, 6.45) is 2.68. The summed E-state index contributed by atoms with van der Waals surface area (Å²) in [6.45, 7) is 1.31. The highest BCUT2D eigenvalue weighted by atomic mass is 32.2. The molecule has 0 radical (unpaired) electrons. The van der Waals surface area contributed by atoms with Crippen LogP contribution in [0.15, 0.2) is 53.6 Å². The van der Waals surface area contributed by atoms with E-state index in [4.69, 9.17) is 0 Å². The van der Waals surface area contributed by atoms with Crippen molar-refractivity contribution in [3.63, 3.8) is 0 Å². The second-order valence-corrected chi connectivity index (χ2v) is 8.06. The molecule has 1 aromatic carbocycles. The summed E-state index contributed by atoms with van der Waals surface area (Å²) < 4.78 is 27.5. The van der Waals surface area contributed by atoms with Crippen molar-refractivity contribution in [2.24, 2.45) is 0 Å². The fourth-order valence-electron chi connectivity index (χ4n) is 2.52. The Morgan fingerprint density at radius 3 is 2.76 bits per heavy atom. The van der Waals surface area contributed by atoms with Crippen LogP contribution in [0.5, 0.6) is 0 Å². The van der Waals surface area contributed by atoms with Gasteiger partial charge in [-0.15, -0.1) is 10.2 Å². The first kappa shape index (κ1) is 17.5. The van der Waals surface area contributed by atoms with Gasteiger partial charge in [-0.05, 0) is 29.8 Å². The van der Waals surface area contributed by atoms with Gasteiger partial charge in [0.25, 0.3) is 0 Å². The fourth-order valence-corrected chi connectivity index (χ4v) is 3.49. The predicted molar refractivity (Wildman–Crippen MR) is 95.7 cm³/mol. The predicted octanol–water partition coefficient (Wildman–Crippen LogP) is 1.31. The molecule has 0 unspecified atom stereocenters. The molecule has 2 heterocycles. The highest BCUT2D eigenvalue weighted by Crippen LogP contribution is 2.14. The molecule has 0 amide bonds. The van der Waals surface area contributed by atoms with E-state index in [0.29, 0.717) is 11.4 Å². The lowest BCUT2D eigenvalue weighted by Gasteiger charge is -2.12. The van der Waals surface area contributed by atoms with Crippen LogP contribution in [0.3, 0.4) is 0 Å². The van der Waals surface area contributed by atoms with Crippen LogP contribution in [0.25, 0.3) is 5.65 Å². The number of nitrogens with zero attached hydrogens (tertiary/aromatic N) is 4. The minimum absolute atomic E-state index is 0.306. The molecule has 1 N–H and O–H groups in total. The summed E-state index contributed by atoms with van der Waals surface area (Å²) in [5, 5.41) is 11.6. The maximum Gasteiger partial charge on any atom is 0.242 e. The molecule has 0 bridgehead atoms. The number of aromatic nitrogens is 3. The molecule has 0 atom stereocenters. The number of nitrogens with one attached hydrogen (secondary N) is 1. The smallest absolute Gasteiger partial charge is 0.242 e. The van der Waals surface area contributed by atoms with Gasteiger partial charge in [-0.2, -0.15) is 0 Å². The Hall–Kier alpha value is -2.29. The van der Waals surface area contributed by atoms with Crippen LogP contribution in [0.4, 0.5) is 0 Å².